The van der Waals surface area contributed by atoms with Gasteiger partial charge in [-0.15, -0.1) is 0 Å². The van der Waals surface area contributed by atoms with E-state index in [-0.39, 0.29) is 11.8 Å². The SMILES string of the molecule is C[C@H]1C[C@H](C)[C@@](CN)(CC(=O)O)C1. The molecule has 1 fully saturated rings. The Hall–Kier alpha value is -0.570. The molecule has 0 aromatic rings. The Bertz CT molecular complexity index is 205. The number of rotatable bonds is 3. The minimum Gasteiger partial charge on any atom is -0.481 e. The third-order valence-corrected chi connectivity index (χ3v) is 3.47. The van der Waals surface area contributed by atoms with Gasteiger partial charge in [-0.1, -0.05) is 13.8 Å². The van der Waals surface area contributed by atoms with Gasteiger partial charge in [-0.25, -0.2) is 0 Å². The van der Waals surface area contributed by atoms with Gasteiger partial charge in [-0.3, -0.25) is 4.79 Å². The summed E-state index contributed by atoms with van der Waals surface area (Å²) in [7, 11) is 0. The Labute approximate surface area is 79.3 Å². The summed E-state index contributed by atoms with van der Waals surface area (Å²) in [5, 5.41) is 8.82. The van der Waals surface area contributed by atoms with Gasteiger partial charge in [-0.2, -0.15) is 0 Å². The molecule has 0 bridgehead atoms. The highest BCUT2D eigenvalue weighted by Crippen LogP contribution is 2.47. The first-order valence-electron chi connectivity index (χ1n) is 4.92. The van der Waals surface area contributed by atoms with Crippen LogP contribution in [0.4, 0.5) is 0 Å². The van der Waals surface area contributed by atoms with Crippen molar-refractivity contribution >= 4 is 5.97 Å². The predicted octanol–water partition coefficient (Wildman–Crippen LogP) is 1.47. The number of carboxylic acids is 1. The summed E-state index contributed by atoms with van der Waals surface area (Å²) >= 11 is 0. The molecule has 0 heterocycles. The van der Waals surface area contributed by atoms with Crippen LogP contribution in [0.2, 0.25) is 0 Å². The molecule has 3 N–H and O–H groups in total. The van der Waals surface area contributed by atoms with Crippen LogP contribution in [0.25, 0.3) is 0 Å². The van der Waals surface area contributed by atoms with E-state index >= 15 is 0 Å². The average Bonchev–Trinajstić information content (AvgIpc) is 2.26. The zero-order valence-electron chi connectivity index (χ0n) is 8.42. The van der Waals surface area contributed by atoms with Crippen LogP contribution < -0.4 is 5.73 Å². The van der Waals surface area contributed by atoms with Gasteiger partial charge in [0.1, 0.15) is 0 Å². The van der Waals surface area contributed by atoms with Gasteiger partial charge in [0.25, 0.3) is 0 Å². The zero-order valence-corrected chi connectivity index (χ0v) is 8.42. The van der Waals surface area contributed by atoms with Crippen LogP contribution in [-0.4, -0.2) is 17.6 Å². The maximum absolute atomic E-state index is 10.7. The molecule has 0 unspecified atom stereocenters. The first-order chi connectivity index (χ1) is 6.00. The van der Waals surface area contributed by atoms with Gasteiger partial charge < -0.3 is 10.8 Å². The van der Waals surface area contributed by atoms with Gasteiger partial charge in [0.2, 0.25) is 0 Å². The molecule has 0 aliphatic heterocycles. The van der Waals surface area contributed by atoms with E-state index in [1.807, 2.05) is 0 Å². The second-order valence-electron chi connectivity index (χ2n) is 4.58. The Morgan fingerprint density at radius 1 is 1.62 bits per heavy atom. The molecular weight excluding hydrogens is 166 g/mol. The van der Waals surface area contributed by atoms with Crippen LogP contribution in [0.5, 0.6) is 0 Å². The highest BCUT2D eigenvalue weighted by molar-refractivity contribution is 5.67. The maximum Gasteiger partial charge on any atom is 0.303 e. The molecule has 13 heavy (non-hydrogen) atoms. The van der Waals surface area contributed by atoms with E-state index in [0.29, 0.717) is 18.4 Å². The summed E-state index contributed by atoms with van der Waals surface area (Å²) in [4.78, 5) is 10.7. The third kappa shape index (κ3) is 2.02. The molecule has 0 saturated heterocycles. The lowest BCUT2D eigenvalue weighted by molar-refractivity contribution is -0.140. The number of hydrogen-bond donors (Lipinski definition) is 2. The number of carbonyl (C=O) groups is 1. The van der Waals surface area contributed by atoms with E-state index in [0.717, 1.165) is 12.8 Å². The fourth-order valence-corrected chi connectivity index (χ4v) is 2.74. The van der Waals surface area contributed by atoms with Crippen molar-refractivity contribution in [2.45, 2.75) is 33.1 Å². The summed E-state index contributed by atoms with van der Waals surface area (Å²) in [6.07, 6.45) is 2.32. The van der Waals surface area contributed by atoms with E-state index in [1.54, 1.807) is 0 Å². The fraction of sp³-hybridized carbons (Fsp3) is 0.900. The lowest BCUT2D eigenvalue weighted by Gasteiger charge is -2.30. The van der Waals surface area contributed by atoms with Crippen LogP contribution in [0.15, 0.2) is 0 Å². The van der Waals surface area contributed by atoms with Crippen molar-refractivity contribution < 1.29 is 9.90 Å². The maximum atomic E-state index is 10.7. The Kier molecular flexibility index (Phi) is 2.96. The molecule has 3 heteroatoms. The van der Waals surface area contributed by atoms with Crippen LogP contribution in [0.3, 0.4) is 0 Å². The molecule has 3 nitrogen and oxygen atoms in total. The van der Waals surface area contributed by atoms with E-state index in [2.05, 4.69) is 13.8 Å². The monoisotopic (exact) mass is 185 g/mol. The van der Waals surface area contributed by atoms with Crippen molar-refractivity contribution in [3.8, 4) is 0 Å². The lowest BCUT2D eigenvalue weighted by Crippen LogP contribution is -2.35. The standard InChI is InChI=1S/C10H19NO2/c1-7-3-8(2)10(4-7,6-11)5-9(12)13/h7-8H,3-6,11H2,1-2H3,(H,12,13)/t7-,8-,10+/m0/s1. The molecule has 0 aromatic carbocycles. The highest BCUT2D eigenvalue weighted by atomic mass is 16.4. The number of hydrogen-bond acceptors (Lipinski definition) is 2. The van der Waals surface area contributed by atoms with Crippen LogP contribution >= 0.6 is 0 Å². The van der Waals surface area contributed by atoms with Crippen LogP contribution in [-0.2, 0) is 4.79 Å². The molecule has 0 amide bonds. The molecule has 0 aromatic heterocycles. The topological polar surface area (TPSA) is 63.3 Å². The van der Waals surface area contributed by atoms with Gasteiger partial charge >= 0.3 is 5.97 Å². The second kappa shape index (κ2) is 3.66. The zero-order chi connectivity index (χ0) is 10.1. The van der Waals surface area contributed by atoms with Crippen molar-refractivity contribution in [3.63, 3.8) is 0 Å². The third-order valence-electron chi connectivity index (χ3n) is 3.47. The summed E-state index contributed by atoms with van der Waals surface area (Å²) in [5.41, 5.74) is 5.57. The summed E-state index contributed by atoms with van der Waals surface area (Å²) < 4.78 is 0. The van der Waals surface area contributed by atoms with Crippen molar-refractivity contribution in [2.75, 3.05) is 6.54 Å². The lowest BCUT2D eigenvalue weighted by atomic mass is 9.76. The average molecular weight is 185 g/mol. The van der Waals surface area contributed by atoms with E-state index in [9.17, 15) is 4.79 Å². The van der Waals surface area contributed by atoms with Gasteiger partial charge in [0, 0.05) is 0 Å². The van der Waals surface area contributed by atoms with E-state index in [1.165, 1.54) is 0 Å². The van der Waals surface area contributed by atoms with Crippen LogP contribution in [0.1, 0.15) is 33.1 Å². The number of carboxylic acid groups (broad SMARTS) is 1. The number of nitrogens with two attached hydrogens (primary N) is 1. The number of aliphatic carboxylic acids is 1. The van der Waals surface area contributed by atoms with Gasteiger partial charge in [0.15, 0.2) is 0 Å². The van der Waals surface area contributed by atoms with Crippen LogP contribution in [0, 0.1) is 17.3 Å². The first kappa shape index (κ1) is 10.5. The summed E-state index contributed by atoms with van der Waals surface area (Å²) in [5.74, 6) is 0.355. The van der Waals surface area contributed by atoms with Crippen molar-refractivity contribution in [2.24, 2.45) is 23.0 Å². The summed E-state index contributed by atoms with van der Waals surface area (Å²) in [6, 6.07) is 0. The minimum atomic E-state index is -0.716. The van der Waals surface area contributed by atoms with Crippen molar-refractivity contribution in [3.05, 3.63) is 0 Å². The summed E-state index contributed by atoms with van der Waals surface area (Å²) in [6.45, 7) is 4.81. The fourth-order valence-electron chi connectivity index (χ4n) is 2.74. The molecule has 76 valence electrons. The van der Waals surface area contributed by atoms with Gasteiger partial charge in [0.05, 0.1) is 6.42 Å². The quantitative estimate of drug-likeness (QED) is 0.700. The predicted molar refractivity (Wildman–Crippen MR) is 51.3 cm³/mol. The molecule has 3 atom stereocenters. The van der Waals surface area contributed by atoms with E-state index < -0.39 is 5.97 Å². The van der Waals surface area contributed by atoms with Crippen molar-refractivity contribution in [1.29, 1.82) is 0 Å². The highest BCUT2D eigenvalue weighted by Gasteiger charge is 2.43. The Morgan fingerprint density at radius 3 is 2.54 bits per heavy atom. The molecular formula is C10H19NO2. The second-order valence-corrected chi connectivity index (χ2v) is 4.58. The largest absolute Gasteiger partial charge is 0.481 e. The smallest absolute Gasteiger partial charge is 0.303 e. The Morgan fingerprint density at radius 2 is 2.23 bits per heavy atom. The molecule has 1 aliphatic rings. The van der Waals surface area contributed by atoms with Gasteiger partial charge in [-0.05, 0) is 36.6 Å². The van der Waals surface area contributed by atoms with E-state index in [4.69, 9.17) is 10.8 Å². The molecule has 1 aliphatic carbocycles. The Balaban J connectivity index is 2.74. The molecule has 0 spiro atoms. The molecule has 1 saturated carbocycles. The minimum absolute atomic E-state index is 0.134. The van der Waals surface area contributed by atoms with Crippen molar-refractivity contribution in [1.82, 2.24) is 0 Å². The first-order valence-corrected chi connectivity index (χ1v) is 4.92. The molecule has 1 rings (SSSR count). The molecule has 0 radical (unpaired) electrons. The normalized spacial score (nSPS) is 39.3.